The lowest BCUT2D eigenvalue weighted by Gasteiger charge is -2.07. The van der Waals surface area contributed by atoms with Crippen molar-refractivity contribution >= 4 is 22.9 Å². The van der Waals surface area contributed by atoms with Gasteiger partial charge in [-0.3, -0.25) is 4.79 Å². The first-order valence-electron chi connectivity index (χ1n) is 6.25. The zero-order chi connectivity index (χ0) is 13.8. The number of nitrogens with one attached hydrogen (secondary N) is 1. The molecule has 0 fully saturated rings. The van der Waals surface area contributed by atoms with E-state index in [0.29, 0.717) is 17.9 Å². The highest BCUT2D eigenvalue weighted by molar-refractivity contribution is 7.09. The molecule has 0 aliphatic carbocycles. The predicted molar refractivity (Wildman–Crippen MR) is 77.2 cm³/mol. The van der Waals surface area contributed by atoms with Gasteiger partial charge in [0, 0.05) is 18.1 Å². The summed E-state index contributed by atoms with van der Waals surface area (Å²) in [7, 11) is 0. The van der Waals surface area contributed by atoms with Gasteiger partial charge in [-0.05, 0) is 19.4 Å². The van der Waals surface area contributed by atoms with Gasteiger partial charge in [0.1, 0.15) is 5.69 Å². The van der Waals surface area contributed by atoms with Crippen LogP contribution in [0, 0.1) is 6.92 Å². The number of carbonyl (C=O) groups excluding carboxylic acids is 1. The summed E-state index contributed by atoms with van der Waals surface area (Å²) in [5, 5.41) is 5.83. The van der Waals surface area contributed by atoms with E-state index in [-0.39, 0.29) is 5.91 Å². The van der Waals surface area contributed by atoms with Gasteiger partial charge in [0.2, 0.25) is 0 Å². The smallest absolute Gasteiger partial charge is 0.268 e. The molecular weight excluding hydrogens is 260 g/mol. The van der Waals surface area contributed by atoms with Gasteiger partial charge in [-0.1, -0.05) is 6.92 Å². The van der Waals surface area contributed by atoms with Crippen LogP contribution in [0.25, 0.3) is 0 Å². The lowest BCUT2D eigenvalue weighted by atomic mass is 10.3. The molecule has 6 heteroatoms. The van der Waals surface area contributed by atoms with Crippen molar-refractivity contribution in [3.63, 3.8) is 0 Å². The Bertz CT molecular complexity index is 573. The van der Waals surface area contributed by atoms with Gasteiger partial charge >= 0.3 is 0 Å². The molecule has 0 saturated heterocycles. The Morgan fingerprint density at radius 3 is 3.00 bits per heavy atom. The molecule has 0 radical (unpaired) electrons. The van der Waals surface area contributed by atoms with Gasteiger partial charge in [-0.25, -0.2) is 4.98 Å². The van der Waals surface area contributed by atoms with Crippen LogP contribution in [0.5, 0.6) is 0 Å². The van der Waals surface area contributed by atoms with Crippen LogP contribution in [-0.4, -0.2) is 15.5 Å². The van der Waals surface area contributed by atoms with Gasteiger partial charge in [0.25, 0.3) is 5.91 Å². The summed E-state index contributed by atoms with van der Waals surface area (Å²) in [4.78, 5) is 16.4. The third-order valence-electron chi connectivity index (χ3n) is 2.71. The predicted octanol–water partition coefficient (Wildman–Crippen LogP) is 2.18. The Morgan fingerprint density at radius 1 is 1.58 bits per heavy atom. The molecule has 0 unspecified atom stereocenters. The van der Waals surface area contributed by atoms with E-state index in [4.69, 9.17) is 5.73 Å². The Morgan fingerprint density at radius 2 is 2.37 bits per heavy atom. The zero-order valence-corrected chi connectivity index (χ0v) is 12.0. The fourth-order valence-corrected chi connectivity index (χ4v) is 2.51. The Balaban J connectivity index is 2.03. The minimum absolute atomic E-state index is 0.115. The molecule has 0 spiro atoms. The number of amides is 1. The zero-order valence-electron chi connectivity index (χ0n) is 11.1. The van der Waals surface area contributed by atoms with Crippen LogP contribution in [-0.2, 0) is 13.1 Å². The third kappa shape index (κ3) is 3.35. The maximum atomic E-state index is 12.1. The molecule has 0 saturated carbocycles. The number of thiazole rings is 1. The largest absolute Gasteiger partial charge is 0.397 e. The van der Waals surface area contributed by atoms with E-state index in [1.165, 1.54) is 0 Å². The summed E-state index contributed by atoms with van der Waals surface area (Å²) < 4.78 is 1.89. The van der Waals surface area contributed by atoms with Crippen molar-refractivity contribution in [2.75, 3.05) is 5.73 Å². The van der Waals surface area contributed by atoms with E-state index in [2.05, 4.69) is 17.2 Å². The number of hydrogen-bond acceptors (Lipinski definition) is 4. The minimum atomic E-state index is -0.115. The Kier molecular flexibility index (Phi) is 4.21. The van der Waals surface area contributed by atoms with Gasteiger partial charge in [-0.15, -0.1) is 11.3 Å². The van der Waals surface area contributed by atoms with Crippen molar-refractivity contribution in [2.45, 2.75) is 33.4 Å². The van der Waals surface area contributed by atoms with Crippen molar-refractivity contribution in [1.29, 1.82) is 0 Å². The first kappa shape index (κ1) is 13.6. The quantitative estimate of drug-likeness (QED) is 0.880. The number of anilines is 1. The van der Waals surface area contributed by atoms with Crippen LogP contribution < -0.4 is 11.1 Å². The average Bonchev–Trinajstić information content (AvgIpc) is 2.93. The fraction of sp³-hybridized carbons (Fsp3) is 0.385. The highest BCUT2D eigenvalue weighted by Gasteiger charge is 2.12. The maximum absolute atomic E-state index is 12.1. The number of aromatic nitrogens is 2. The Labute approximate surface area is 116 Å². The van der Waals surface area contributed by atoms with E-state index in [9.17, 15) is 4.79 Å². The molecule has 1 amide bonds. The van der Waals surface area contributed by atoms with Crippen LogP contribution in [0.4, 0.5) is 5.69 Å². The molecule has 0 aliphatic heterocycles. The van der Waals surface area contributed by atoms with Crippen LogP contribution in [0.15, 0.2) is 17.6 Å². The second kappa shape index (κ2) is 5.88. The molecule has 19 heavy (non-hydrogen) atoms. The number of hydrogen-bond donors (Lipinski definition) is 2. The summed E-state index contributed by atoms with van der Waals surface area (Å²) in [6.07, 6.45) is 2.76. The summed E-state index contributed by atoms with van der Waals surface area (Å²) in [6.45, 7) is 5.25. The van der Waals surface area contributed by atoms with Crippen LogP contribution in [0.2, 0.25) is 0 Å². The van der Waals surface area contributed by atoms with Crippen molar-refractivity contribution in [3.8, 4) is 0 Å². The summed E-state index contributed by atoms with van der Waals surface area (Å²) in [5.74, 6) is -0.115. The fourth-order valence-electron chi connectivity index (χ4n) is 1.90. The number of aryl methyl sites for hydroxylation is 2. The monoisotopic (exact) mass is 278 g/mol. The molecular formula is C13H18N4OS. The van der Waals surface area contributed by atoms with E-state index < -0.39 is 0 Å². The van der Waals surface area contributed by atoms with E-state index in [1.807, 2.05) is 16.9 Å². The Hall–Kier alpha value is -1.82. The van der Waals surface area contributed by atoms with Crippen LogP contribution >= 0.6 is 11.3 Å². The number of nitrogen functional groups attached to an aromatic ring is 1. The number of nitrogens with two attached hydrogens (primary N) is 1. The van der Waals surface area contributed by atoms with Gasteiger partial charge in [0.15, 0.2) is 0 Å². The molecule has 5 nitrogen and oxygen atoms in total. The number of nitrogens with zero attached hydrogens (tertiary/aromatic N) is 2. The average molecular weight is 278 g/mol. The van der Waals surface area contributed by atoms with Crippen LogP contribution in [0.3, 0.4) is 0 Å². The molecule has 0 aromatic carbocycles. The van der Waals surface area contributed by atoms with E-state index in [0.717, 1.165) is 23.7 Å². The SMILES string of the molecule is CCCn1cc(N)cc1C(=O)NCc1csc(C)n1. The van der Waals surface area contributed by atoms with E-state index >= 15 is 0 Å². The normalized spacial score (nSPS) is 10.6. The van der Waals surface area contributed by atoms with E-state index in [1.54, 1.807) is 23.6 Å². The highest BCUT2D eigenvalue weighted by Crippen LogP contribution is 2.12. The topological polar surface area (TPSA) is 72.9 Å². The lowest BCUT2D eigenvalue weighted by molar-refractivity contribution is 0.0941. The number of rotatable bonds is 5. The maximum Gasteiger partial charge on any atom is 0.268 e. The molecule has 102 valence electrons. The second-order valence-corrected chi connectivity index (χ2v) is 5.45. The minimum Gasteiger partial charge on any atom is -0.397 e. The van der Waals surface area contributed by atoms with Crippen molar-refractivity contribution in [3.05, 3.63) is 34.0 Å². The lowest BCUT2D eigenvalue weighted by Crippen LogP contribution is -2.25. The highest BCUT2D eigenvalue weighted by atomic mass is 32.1. The van der Waals surface area contributed by atoms with Gasteiger partial charge < -0.3 is 15.6 Å². The summed E-state index contributed by atoms with van der Waals surface area (Å²) >= 11 is 1.58. The second-order valence-electron chi connectivity index (χ2n) is 4.39. The van der Waals surface area contributed by atoms with Crippen molar-refractivity contribution in [2.24, 2.45) is 0 Å². The standard InChI is InChI=1S/C13H18N4OS/c1-3-4-17-7-10(14)5-12(17)13(18)15-6-11-8-19-9(2)16-11/h5,7-8H,3-4,6,14H2,1-2H3,(H,15,18). The molecule has 3 N–H and O–H groups in total. The molecule has 2 rings (SSSR count). The molecule has 2 aromatic rings. The van der Waals surface area contributed by atoms with Crippen molar-refractivity contribution < 1.29 is 4.79 Å². The van der Waals surface area contributed by atoms with Gasteiger partial charge in [0.05, 0.1) is 22.9 Å². The first-order chi connectivity index (χ1) is 9.10. The summed E-state index contributed by atoms with van der Waals surface area (Å²) in [5.41, 5.74) is 7.85. The molecule has 2 heterocycles. The van der Waals surface area contributed by atoms with Gasteiger partial charge in [-0.2, -0.15) is 0 Å². The summed E-state index contributed by atoms with van der Waals surface area (Å²) in [6, 6.07) is 1.71. The molecule has 0 atom stereocenters. The molecule has 0 bridgehead atoms. The van der Waals surface area contributed by atoms with Crippen molar-refractivity contribution in [1.82, 2.24) is 14.9 Å². The molecule has 2 aromatic heterocycles. The van der Waals surface area contributed by atoms with Crippen LogP contribution in [0.1, 0.15) is 34.5 Å². The first-order valence-corrected chi connectivity index (χ1v) is 7.13. The third-order valence-corrected chi connectivity index (χ3v) is 3.53. The number of carbonyl (C=O) groups is 1. The molecule has 0 aliphatic rings.